The zero-order valence-electron chi connectivity index (χ0n) is 22.4. The number of rotatable bonds is 10. The Morgan fingerprint density at radius 2 is 1.73 bits per heavy atom. The zero-order valence-corrected chi connectivity index (χ0v) is 22.4. The van der Waals surface area contributed by atoms with Crippen LogP contribution in [0.25, 0.3) is 0 Å². The highest BCUT2D eigenvalue weighted by Gasteiger charge is 2.58. The second kappa shape index (κ2) is 13.5. The van der Waals surface area contributed by atoms with Crippen molar-refractivity contribution in [3.63, 3.8) is 0 Å². The highest BCUT2D eigenvalue weighted by Crippen LogP contribution is 2.36. The minimum absolute atomic E-state index is 0.179. The van der Waals surface area contributed by atoms with Crippen molar-refractivity contribution in [3.8, 4) is 0 Å². The van der Waals surface area contributed by atoms with Gasteiger partial charge in [-0.2, -0.15) is 0 Å². The molecular weight excluding hydrogens is 560 g/mol. The number of carbonyl (C=O) groups is 3. The average molecular weight is 599 g/mol. The molecule has 0 saturated carbocycles. The average Bonchev–Trinajstić information content (AvgIpc) is 2.89. The number of carboxylic acids is 1. The molecule has 18 nitrogen and oxygen atoms in total. The second-order valence-corrected chi connectivity index (χ2v) is 10.3. The SMILES string of the molecule is CC(=O)N[C@@H]1[C@@H](O[C@@H]2OC[C@@H](O[C@@]3(C(=O)O)C[C@H](O)[C@H](O)[C@H]([C@@H](NC=O)[C@H](C)O)O3)[C@H](O)[C@H]2O)[C@@H](O)[C@@H](C)O[C@@H]1O. The Balaban J connectivity index is 1.78. The Bertz CT molecular complexity index is 926. The lowest BCUT2D eigenvalue weighted by Gasteiger charge is -2.48. The fourth-order valence-corrected chi connectivity index (χ4v) is 5.06. The largest absolute Gasteiger partial charge is 0.477 e. The molecule has 0 spiro atoms. The van der Waals surface area contributed by atoms with E-state index in [1.807, 2.05) is 0 Å². The first-order chi connectivity index (χ1) is 19.1. The maximum absolute atomic E-state index is 12.3. The molecule has 0 unspecified atom stereocenters. The standard InChI is InChI=1S/C23H38N2O16/c1-7(27)12(24-6-26)19-15(31)10(29)4-23(41-19,22(35)36)40-11-5-37-21(17(33)16(11)32)39-18-13(25-9(3)28)20(34)38-8(2)14(18)30/h6-8,10-21,27,29-34H,4-5H2,1-3H3,(H,24,26)(H,25,28)(H,35,36)/t7-,8+,10-,11+,12-,13+,14-,15-,16-,17+,18+,19-,20-,21-,23-/m0/s1. The molecule has 0 aromatic carbocycles. The zero-order chi connectivity index (χ0) is 30.8. The summed E-state index contributed by atoms with van der Waals surface area (Å²) in [5.41, 5.74) is 0. The lowest BCUT2D eigenvalue weighted by Crippen LogP contribution is -2.68. The van der Waals surface area contributed by atoms with Crippen LogP contribution in [0.4, 0.5) is 0 Å². The summed E-state index contributed by atoms with van der Waals surface area (Å²) in [5, 5.41) is 87.8. The van der Waals surface area contributed by atoms with Crippen molar-refractivity contribution in [2.45, 2.75) is 119 Å². The van der Waals surface area contributed by atoms with E-state index in [0.717, 1.165) is 6.92 Å². The molecule has 2 amide bonds. The molecule has 0 bridgehead atoms. The van der Waals surface area contributed by atoms with Crippen LogP contribution in [0.5, 0.6) is 0 Å². The van der Waals surface area contributed by atoms with Crippen molar-refractivity contribution in [1.29, 1.82) is 0 Å². The number of hydrogen-bond acceptors (Lipinski definition) is 15. The van der Waals surface area contributed by atoms with Crippen molar-refractivity contribution >= 4 is 18.3 Å². The third-order valence-electron chi connectivity index (χ3n) is 7.27. The number of amides is 2. The molecule has 236 valence electrons. The molecule has 3 aliphatic rings. The lowest BCUT2D eigenvalue weighted by molar-refractivity contribution is -0.365. The van der Waals surface area contributed by atoms with Gasteiger partial charge in [0.25, 0.3) is 5.79 Å². The van der Waals surface area contributed by atoms with E-state index in [4.69, 9.17) is 23.7 Å². The number of aliphatic hydroxyl groups is 7. The van der Waals surface area contributed by atoms with Crippen molar-refractivity contribution in [2.24, 2.45) is 0 Å². The fourth-order valence-electron chi connectivity index (χ4n) is 5.06. The Morgan fingerprint density at radius 1 is 1.07 bits per heavy atom. The van der Waals surface area contributed by atoms with Gasteiger partial charge in [0.2, 0.25) is 12.3 Å². The van der Waals surface area contributed by atoms with Crippen LogP contribution in [0.1, 0.15) is 27.2 Å². The number of ether oxygens (including phenoxy) is 5. The molecule has 0 aromatic heterocycles. The fraction of sp³-hybridized carbons (Fsp3) is 0.870. The monoisotopic (exact) mass is 598 g/mol. The van der Waals surface area contributed by atoms with E-state index in [1.54, 1.807) is 0 Å². The molecule has 0 aromatic rings. The number of carbonyl (C=O) groups excluding carboxylic acids is 2. The Morgan fingerprint density at radius 3 is 2.29 bits per heavy atom. The summed E-state index contributed by atoms with van der Waals surface area (Å²) in [4.78, 5) is 35.0. The van der Waals surface area contributed by atoms with E-state index in [2.05, 4.69) is 10.6 Å². The number of hydrogen-bond donors (Lipinski definition) is 10. The van der Waals surface area contributed by atoms with Crippen LogP contribution in [0, 0.1) is 0 Å². The van der Waals surface area contributed by atoms with Gasteiger partial charge in [0, 0.05) is 13.3 Å². The molecule has 10 N–H and O–H groups in total. The summed E-state index contributed by atoms with van der Waals surface area (Å²) in [6, 6.07) is -2.67. The van der Waals surface area contributed by atoms with Crippen molar-refractivity contribution < 1.29 is 78.9 Å². The molecule has 0 radical (unpaired) electrons. The van der Waals surface area contributed by atoms with Gasteiger partial charge in [0.15, 0.2) is 12.6 Å². The molecule has 41 heavy (non-hydrogen) atoms. The van der Waals surface area contributed by atoms with Gasteiger partial charge < -0.3 is 75.2 Å². The summed E-state index contributed by atoms with van der Waals surface area (Å²) in [6.07, 6.45) is -19.8. The first kappa shape index (κ1) is 33.4. The van der Waals surface area contributed by atoms with Crippen LogP contribution in [-0.2, 0) is 38.1 Å². The van der Waals surface area contributed by atoms with Gasteiger partial charge >= 0.3 is 5.97 Å². The number of aliphatic hydroxyl groups excluding tert-OH is 7. The van der Waals surface area contributed by atoms with Gasteiger partial charge in [0.1, 0.15) is 48.8 Å². The quantitative estimate of drug-likeness (QED) is 0.105. The van der Waals surface area contributed by atoms with Gasteiger partial charge in [-0.1, -0.05) is 0 Å². The van der Waals surface area contributed by atoms with Crippen LogP contribution in [0.15, 0.2) is 0 Å². The smallest absolute Gasteiger partial charge is 0.364 e. The normalized spacial score (nSPS) is 44.8. The van der Waals surface area contributed by atoms with E-state index < -0.39 is 116 Å². The predicted molar refractivity (Wildman–Crippen MR) is 128 cm³/mol. The number of carboxylic acid groups (broad SMARTS) is 1. The summed E-state index contributed by atoms with van der Waals surface area (Å²) >= 11 is 0. The molecule has 3 saturated heterocycles. The highest BCUT2D eigenvalue weighted by molar-refractivity contribution is 5.76. The van der Waals surface area contributed by atoms with Crippen LogP contribution >= 0.6 is 0 Å². The van der Waals surface area contributed by atoms with Crippen molar-refractivity contribution in [3.05, 3.63) is 0 Å². The summed E-state index contributed by atoms with van der Waals surface area (Å²) < 4.78 is 27.3. The van der Waals surface area contributed by atoms with E-state index in [1.165, 1.54) is 13.8 Å². The molecule has 3 fully saturated rings. The topological polar surface area (TPSA) is 283 Å². The molecule has 3 heterocycles. The molecular formula is C23H38N2O16. The van der Waals surface area contributed by atoms with Gasteiger partial charge in [-0.15, -0.1) is 0 Å². The van der Waals surface area contributed by atoms with Gasteiger partial charge in [0.05, 0.1) is 31.0 Å². The van der Waals surface area contributed by atoms with E-state index in [0.29, 0.717) is 0 Å². The van der Waals surface area contributed by atoms with Crippen molar-refractivity contribution in [1.82, 2.24) is 10.6 Å². The third-order valence-corrected chi connectivity index (χ3v) is 7.27. The Kier molecular flexibility index (Phi) is 11.0. The summed E-state index contributed by atoms with van der Waals surface area (Å²) in [6.45, 7) is 3.17. The van der Waals surface area contributed by atoms with Crippen LogP contribution in [-0.4, -0.2) is 157 Å². The Hall–Kier alpha value is -2.07. The van der Waals surface area contributed by atoms with Crippen LogP contribution in [0.3, 0.4) is 0 Å². The number of aliphatic carboxylic acids is 1. The second-order valence-electron chi connectivity index (χ2n) is 10.3. The molecule has 0 aliphatic carbocycles. The molecule has 18 heteroatoms. The summed E-state index contributed by atoms with van der Waals surface area (Å²) in [7, 11) is 0. The van der Waals surface area contributed by atoms with Gasteiger partial charge in [-0.05, 0) is 13.8 Å². The number of nitrogens with one attached hydrogen (secondary N) is 2. The van der Waals surface area contributed by atoms with Crippen LogP contribution in [0.2, 0.25) is 0 Å². The third kappa shape index (κ3) is 7.12. The molecule has 15 atom stereocenters. The first-order valence-corrected chi connectivity index (χ1v) is 12.9. The van der Waals surface area contributed by atoms with Crippen molar-refractivity contribution in [2.75, 3.05) is 6.61 Å². The van der Waals surface area contributed by atoms with E-state index in [-0.39, 0.29) is 6.41 Å². The minimum Gasteiger partial charge on any atom is -0.477 e. The summed E-state index contributed by atoms with van der Waals surface area (Å²) in [5.74, 6) is -5.13. The minimum atomic E-state index is -2.74. The van der Waals surface area contributed by atoms with E-state index in [9.17, 15) is 55.2 Å². The lowest BCUT2D eigenvalue weighted by atomic mass is 9.89. The maximum Gasteiger partial charge on any atom is 0.364 e. The molecule has 3 aliphatic heterocycles. The maximum atomic E-state index is 12.3. The van der Waals surface area contributed by atoms with Gasteiger partial charge in [-0.3, -0.25) is 9.59 Å². The van der Waals surface area contributed by atoms with Gasteiger partial charge in [-0.25, -0.2) is 4.79 Å². The van der Waals surface area contributed by atoms with E-state index >= 15 is 0 Å². The molecule has 3 rings (SSSR count). The Labute approximate surface area is 233 Å². The van der Waals surface area contributed by atoms with Crippen LogP contribution < -0.4 is 10.6 Å². The highest BCUT2D eigenvalue weighted by atomic mass is 16.8. The first-order valence-electron chi connectivity index (χ1n) is 12.9. The predicted octanol–water partition coefficient (Wildman–Crippen LogP) is -5.78.